The van der Waals surface area contributed by atoms with Crippen molar-refractivity contribution >= 4 is 17.5 Å². The quantitative estimate of drug-likeness (QED) is 0.690. The number of nitrogens with zero attached hydrogens (tertiary/aromatic N) is 2. The Kier molecular flexibility index (Phi) is 7.12. The SMILES string of the molecule is CCCCCCNC(=O)c1ccn(COc2ccc(Cl)c(C)c2)n1. The maximum Gasteiger partial charge on any atom is 0.271 e. The van der Waals surface area contributed by atoms with Gasteiger partial charge in [0.25, 0.3) is 5.91 Å². The van der Waals surface area contributed by atoms with E-state index in [4.69, 9.17) is 16.3 Å². The summed E-state index contributed by atoms with van der Waals surface area (Å²) in [7, 11) is 0. The predicted molar refractivity (Wildman–Crippen MR) is 95.5 cm³/mol. The van der Waals surface area contributed by atoms with Crippen LogP contribution < -0.4 is 10.1 Å². The predicted octanol–water partition coefficient (Wildman–Crippen LogP) is 4.19. The second-order valence-corrected chi connectivity index (χ2v) is 6.15. The van der Waals surface area contributed by atoms with E-state index in [1.165, 1.54) is 12.8 Å². The van der Waals surface area contributed by atoms with E-state index in [2.05, 4.69) is 17.3 Å². The maximum atomic E-state index is 12.0. The number of ether oxygens (including phenoxy) is 1. The second kappa shape index (κ2) is 9.33. The molecule has 0 aliphatic heterocycles. The molecular weight excluding hydrogens is 326 g/mol. The highest BCUT2D eigenvalue weighted by Gasteiger charge is 2.09. The first-order valence-electron chi connectivity index (χ1n) is 8.30. The number of hydrogen-bond donors (Lipinski definition) is 1. The molecule has 0 atom stereocenters. The van der Waals surface area contributed by atoms with Gasteiger partial charge in [-0.2, -0.15) is 5.10 Å². The van der Waals surface area contributed by atoms with Gasteiger partial charge in [0.15, 0.2) is 6.73 Å². The van der Waals surface area contributed by atoms with Crippen molar-refractivity contribution < 1.29 is 9.53 Å². The maximum absolute atomic E-state index is 12.0. The van der Waals surface area contributed by atoms with Crippen molar-refractivity contribution in [3.8, 4) is 5.75 Å². The Labute approximate surface area is 148 Å². The van der Waals surface area contributed by atoms with Crippen LogP contribution >= 0.6 is 11.6 Å². The molecule has 1 aromatic carbocycles. The van der Waals surface area contributed by atoms with E-state index in [0.29, 0.717) is 23.0 Å². The molecule has 6 heteroatoms. The van der Waals surface area contributed by atoms with E-state index in [-0.39, 0.29) is 12.6 Å². The van der Waals surface area contributed by atoms with Crippen molar-refractivity contribution in [1.29, 1.82) is 0 Å². The number of aromatic nitrogens is 2. The molecule has 0 saturated carbocycles. The fraction of sp³-hybridized carbons (Fsp3) is 0.444. The van der Waals surface area contributed by atoms with Crippen molar-refractivity contribution in [3.05, 3.63) is 46.7 Å². The Morgan fingerprint density at radius 2 is 2.12 bits per heavy atom. The van der Waals surface area contributed by atoms with Gasteiger partial charge in [0.05, 0.1) is 0 Å². The Morgan fingerprint density at radius 3 is 2.88 bits per heavy atom. The molecular formula is C18H24ClN3O2. The van der Waals surface area contributed by atoms with Gasteiger partial charge in [0.2, 0.25) is 0 Å². The molecule has 0 spiro atoms. The number of carbonyl (C=O) groups excluding carboxylic acids is 1. The Balaban J connectivity index is 1.79. The first-order chi connectivity index (χ1) is 11.6. The molecule has 1 amide bonds. The van der Waals surface area contributed by atoms with E-state index < -0.39 is 0 Å². The van der Waals surface area contributed by atoms with Crippen molar-refractivity contribution in [2.75, 3.05) is 6.54 Å². The van der Waals surface area contributed by atoms with Crippen LogP contribution in [0, 0.1) is 6.92 Å². The third-order valence-corrected chi connectivity index (χ3v) is 4.11. The smallest absolute Gasteiger partial charge is 0.271 e. The second-order valence-electron chi connectivity index (χ2n) is 5.74. The number of rotatable bonds is 9. The highest BCUT2D eigenvalue weighted by atomic mass is 35.5. The summed E-state index contributed by atoms with van der Waals surface area (Å²) in [5.41, 5.74) is 1.36. The summed E-state index contributed by atoms with van der Waals surface area (Å²) >= 11 is 5.99. The molecule has 0 saturated heterocycles. The minimum absolute atomic E-state index is 0.146. The molecule has 0 bridgehead atoms. The van der Waals surface area contributed by atoms with Crippen LogP contribution in [0.2, 0.25) is 5.02 Å². The lowest BCUT2D eigenvalue weighted by Crippen LogP contribution is -2.25. The van der Waals surface area contributed by atoms with Gasteiger partial charge in [0.1, 0.15) is 11.4 Å². The minimum Gasteiger partial charge on any atom is -0.471 e. The lowest BCUT2D eigenvalue weighted by molar-refractivity contribution is 0.0946. The first-order valence-corrected chi connectivity index (χ1v) is 8.68. The van der Waals surface area contributed by atoms with Crippen LogP contribution in [-0.2, 0) is 6.73 Å². The van der Waals surface area contributed by atoms with E-state index in [1.54, 1.807) is 23.0 Å². The lowest BCUT2D eigenvalue weighted by Gasteiger charge is -2.07. The largest absolute Gasteiger partial charge is 0.471 e. The Bertz CT molecular complexity index is 670. The van der Waals surface area contributed by atoms with Gasteiger partial charge in [-0.05, 0) is 43.2 Å². The zero-order valence-corrected chi connectivity index (χ0v) is 15.0. The fourth-order valence-electron chi connectivity index (χ4n) is 2.25. The zero-order chi connectivity index (χ0) is 17.4. The van der Waals surface area contributed by atoms with Gasteiger partial charge in [-0.15, -0.1) is 0 Å². The van der Waals surface area contributed by atoms with Crippen LogP contribution in [-0.4, -0.2) is 22.2 Å². The number of aryl methyl sites for hydroxylation is 1. The number of nitrogens with one attached hydrogen (secondary N) is 1. The molecule has 1 aromatic heterocycles. The molecule has 0 fully saturated rings. The third kappa shape index (κ3) is 5.57. The van der Waals surface area contributed by atoms with Gasteiger partial charge in [-0.25, -0.2) is 4.68 Å². The molecule has 1 N–H and O–H groups in total. The first kappa shape index (κ1) is 18.3. The lowest BCUT2D eigenvalue weighted by atomic mass is 10.2. The van der Waals surface area contributed by atoms with Gasteiger partial charge >= 0.3 is 0 Å². The molecule has 2 rings (SSSR count). The molecule has 0 unspecified atom stereocenters. The van der Waals surface area contributed by atoms with Crippen LogP contribution in [0.5, 0.6) is 5.75 Å². The zero-order valence-electron chi connectivity index (χ0n) is 14.2. The topological polar surface area (TPSA) is 56.2 Å². The summed E-state index contributed by atoms with van der Waals surface area (Å²) in [4.78, 5) is 12.0. The average Bonchev–Trinajstić information content (AvgIpc) is 3.05. The Hall–Kier alpha value is -2.01. The summed E-state index contributed by atoms with van der Waals surface area (Å²) in [6.07, 6.45) is 6.26. The standard InChI is InChI=1S/C18H24ClN3O2/c1-3-4-5-6-10-20-18(23)17-9-11-22(21-17)13-24-15-7-8-16(19)14(2)12-15/h7-9,11-12H,3-6,10,13H2,1-2H3,(H,20,23). The van der Waals surface area contributed by atoms with E-state index >= 15 is 0 Å². The molecule has 24 heavy (non-hydrogen) atoms. The van der Waals surface area contributed by atoms with E-state index in [9.17, 15) is 4.79 Å². The molecule has 5 nitrogen and oxygen atoms in total. The normalized spacial score (nSPS) is 10.6. The molecule has 0 aliphatic rings. The molecule has 0 radical (unpaired) electrons. The number of amides is 1. The summed E-state index contributed by atoms with van der Waals surface area (Å²) < 4.78 is 7.25. The molecule has 130 valence electrons. The monoisotopic (exact) mass is 349 g/mol. The summed E-state index contributed by atoms with van der Waals surface area (Å²) in [6.45, 7) is 5.02. The number of halogens is 1. The number of benzene rings is 1. The van der Waals surface area contributed by atoms with Gasteiger partial charge in [-0.3, -0.25) is 4.79 Å². The van der Waals surface area contributed by atoms with Crippen LogP contribution in [0.1, 0.15) is 48.7 Å². The van der Waals surface area contributed by atoms with Crippen LogP contribution in [0.4, 0.5) is 0 Å². The number of unbranched alkanes of at least 4 members (excludes halogenated alkanes) is 3. The summed E-state index contributed by atoms with van der Waals surface area (Å²) in [5.74, 6) is 0.571. The molecule has 1 heterocycles. The summed E-state index contributed by atoms with van der Waals surface area (Å²) in [6, 6.07) is 7.17. The summed E-state index contributed by atoms with van der Waals surface area (Å²) in [5, 5.41) is 7.83. The Morgan fingerprint density at radius 1 is 1.29 bits per heavy atom. The van der Waals surface area contributed by atoms with Crippen LogP contribution in [0.25, 0.3) is 0 Å². The highest BCUT2D eigenvalue weighted by molar-refractivity contribution is 6.31. The van der Waals surface area contributed by atoms with Crippen molar-refractivity contribution in [3.63, 3.8) is 0 Å². The molecule has 0 aliphatic carbocycles. The fourth-order valence-corrected chi connectivity index (χ4v) is 2.36. The average molecular weight is 350 g/mol. The molecule has 2 aromatic rings. The van der Waals surface area contributed by atoms with Gasteiger partial charge in [-0.1, -0.05) is 37.8 Å². The van der Waals surface area contributed by atoms with Crippen LogP contribution in [0.3, 0.4) is 0 Å². The minimum atomic E-state index is -0.146. The van der Waals surface area contributed by atoms with E-state index in [0.717, 1.165) is 18.4 Å². The number of carbonyl (C=O) groups is 1. The van der Waals surface area contributed by atoms with Gasteiger partial charge in [0, 0.05) is 17.8 Å². The van der Waals surface area contributed by atoms with Gasteiger partial charge < -0.3 is 10.1 Å². The van der Waals surface area contributed by atoms with Crippen molar-refractivity contribution in [2.24, 2.45) is 0 Å². The third-order valence-electron chi connectivity index (χ3n) is 3.68. The number of hydrogen-bond acceptors (Lipinski definition) is 3. The van der Waals surface area contributed by atoms with Crippen molar-refractivity contribution in [2.45, 2.75) is 46.3 Å². The highest BCUT2D eigenvalue weighted by Crippen LogP contribution is 2.21. The van der Waals surface area contributed by atoms with Crippen molar-refractivity contribution in [1.82, 2.24) is 15.1 Å². The van der Waals surface area contributed by atoms with Crippen LogP contribution in [0.15, 0.2) is 30.5 Å². The van der Waals surface area contributed by atoms with E-state index in [1.807, 2.05) is 19.1 Å².